The minimum atomic E-state index is -0.0922. The number of methoxy groups -OCH3 is 1. The maximum absolute atomic E-state index is 5.89. The van der Waals surface area contributed by atoms with Crippen molar-refractivity contribution in [3.05, 3.63) is 108 Å². The molecule has 0 bridgehead atoms. The topological polar surface area (TPSA) is 42.3 Å². The zero-order chi connectivity index (χ0) is 23.7. The first-order valence-electron chi connectivity index (χ1n) is 11.5. The summed E-state index contributed by atoms with van der Waals surface area (Å²) in [5, 5.41) is 4.25. The van der Waals surface area contributed by atoms with Gasteiger partial charge in [0.05, 0.1) is 18.8 Å². The molecule has 2 atom stereocenters. The average Bonchev–Trinajstić information content (AvgIpc) is 3.49. The molecule has 1 saturated heterocycles. The van der Waals surface area contributed by atoms with Crippen LogP contribution in [-0.2, 0) is 0 Å². The molecule has 0 aliphatic carbocycles. The van der Waals surface area contributed by atoms with Crippen molar-refractivity contribution in [1.29, 1.82) is 0 Å². The lowest BCUT2D eigenvalue weighted by molar-refractivity contribution is 0.414. The highest BCUT2D eigenvalue weighted by Crippen LogP contribution is 2.42. The molecule has 0 saturated carbocycles. The number of nitrogens with one attached hydrogen (secondary N) is 1. The summed E-state index contributed by atoms with van der Waals surface area (Å²) >= 11 is 5.89. The van der Waals surface area contributed by atoms with Crippen LogP contribution in [0.3, 0.4) is 0 Å². The van der Waals surface area contributed by atoms with Crippen molar-refractivity contribution >= 4 is 23.0 Å². The van der Waals surface area contributed by atoms with E-state index < -0.39 is 0 Å². The number of nitrogens with zero attached hydrogens (tertiary/aromatic N) is 3. The molecule has 5 nitrogen and oxygen atoms in total. The summed E-state index contributed by atoms with van der Waals surface area (Å²) in [7, 11) is 1.68. The number of ether oxygens (including phenoxy) is 1. The largest absolute Gasteiger partial charge is 0.497 e. The van der Waals surface area contributed by atoms with Gasteiger partial charge >= 0.3 is 0 Å². The van der Waals surface area contributed by atoms with E-state index in [0.29, 0.717) is 11.0 Å². The average molecular weight is 469 g/mol. The first-order valence-corrected chi connectivity index (χ1v) is 11.9. The number of aromatic nitrogens is 2. The van der Waals surface area contributed by atoms with Crippen molar-refractivity contribution in [3.63, 3.8) is 0 Å². The Balaban J connectivity index is 1.62. The van der Waals surface area contributed by atoms with Gasteiger partial charge in [0.25, 0.3) is 0 Å². The molecule has 3 heterocycles. The van der Waals surface area contributed by atoms with Crippen LogP contribution in [0.2, 0.25) is 0 Å². The quantitative estimate of drug-likeness (QED) is 0.342. The molecule has 172 valence electrons. The zero-order valence-electron chi connectivity index (χ0n) is 19.6. The second kappa shape index (κ2) is 9.31. The Morgan fingerprint density at radius 2 is 1.65 bits per heavy atom. The van der Waals surface area contributed by atoms with Crippen LogP contribution in [0, 0.1) is 0 Å². The lowest BCUT2D eigenvalue weighted by Crippen LogP contribution is -2.30. The number of rotatable bonds is 6. The number of pyridine rings is 1. The molecule has 4 aromatic rings. The summed E-state index contributed by atoms with van der Waals surface area (Å²) in [6.07, 6.45) is 3.92. The number of thiocarbonyl (C=S) groups is 1. The van der Waals surface area contributed by atoms with Crippen LogP contribution in [-0.4, -0.2) is 21.8 Å². The Hall–Kier alpha value is -3.64. The van der Waals surface area contributed by atoms with Crippen LogP contribution >= 0.6 is 12.2 Å². The van der Waals surface area contributed by atoms with Gasteiger partial charge in [-0.2, -0.15) is 0 Å². The van der Waals surface area contributed by atoms with Gasteiger partial charge in [-0.3, -0.25) is 4.98 Å². The summed E-state index contributed by atoms with van der Waals surface area (Å²) in [6.45, 7) is 4.41. The van der Waals surface area contributed by atoms with Gasteiger partial charge in [0.2, 0.25) is 0 Å². The SMILES string of the molecule is COc1ccc(-n2cccc2[C@@H]2[C@H](c3ccccn3)NC(=S)N2c2ccc(C(C)C)cc2)cc1. The van der Waals surface area contributed by atoms with Gasteiger partial charge in [-0.25, -0.2) is 0 Å². The molecule has 0 unspecified atom stereocenters. The van der Waals surface area contributed by atoms with Crippen molar-refractivity contribution in [2.45, 2.75) is 31.8 Å². The summed E-state index contributed by atoms with van der Waals surface area (Å²) in [4.78, 5) is 6.89. The molecule has 0 spiro atoms. The second-order valence-electron chi connectivity index (χ2n) is 8.74. The van der Waals surface area contributed by atoms with Crippen molar-refractivity contribution in [1.82, 2.24) is 14.9 Å². The Morgan fingerprint density at radius 3 is 2.29 bits per heavy atom. The smallest absolute Gasteiger partial charge is 0.174 e. The van der Waals surface area contributed by atoms with Gasteiger partial charge in [-0.15, -0.1) is 0 Å². The van der Waals surface area contributed by atoms with Gasteiger partial charge in [0, 0.05) is 29.5 Å². The maximum Gasteiger partial charge on any atom is 0.174 e. The highest BCUT2D eigenvalue weighted by molar-refractivity contribution is 7.80. The first kappa shape index (κ1) is 22.2. The van der Waals surface area contributed by atoms with Crippen molar-refractivity contribution in [2.24, 2.45) is 0 Å². The van der Waals surface area contributed by atoms with E-state index in [0.717, 1.165) is 28.5 Å². The molecular formula is C28H28N4OS. The van der Waals surface area contributed by atoms with Crippen molar-refractivity contribution in [3.8, 4) is 11.4 Å². The van der Waals surface area contributed by atoms with E-state index in [1.165, 1.54) is 5.56 Å². The molecule has 5 rings (SSSR count). The third-order valence-electron chi connectivity index (χ3n) is 6.37. The second-order valence-corrected chi connectivity index (χ2v) is 9.13. The number of anilines is 1. The number of hydrogen-bond donors (Lipinski definition) is 1. The van der Waals surface area contributed by atoms with Gasteiger partial charge < -0.3 is 19.5 Å². The van der Waals surface area contributed by atoms with Crippen LogP contribution in [0.1, 0.15) is 48.8 Å². The van der Waals surface area contributed by atoms with E-state index in [1.54, 1.807) is 7.11 Å². The van der Waals surface area contributed by atoms with Gasteiger partial charge in [-0.1, -0.05) is 32.0 Å². The standard InChI is InChI=1S/C28H28N4OS/c1-19(2)20-9-11-22(12-10-20)32-27(26(30-28(32)34)24-7-4-5-17-29-24)25-8-6-18-31(25)21-13-15-23(33-3)16-14-21/h4-19,26-27H,1-3H3,(H,30,34)/t26-,27+/m0/s1. The Bertz CT molecular complexity index is 1270. The summed E-state index contributed by atoms with van der Waals surface area (Å²) < 4.78 is 7.57. The fraction of sp³-hybridized carbons (Fsp3) is 0.214. The Labute approximate surface area is 206 Å². The predicted octanol–water partition coefficient (Wildman–Crippen LogP) is 6.18. The van der Waals surface area contributed by atoms with E-state index in [2.05, 4.69) is 94.4 Å². The Morgan fingerprint density at radius 1 is 0.912 bits per heavy atom. The van der Waals surface area contributed by atoms with E-state index in [-0.39, 0.29) is 12.1 Å². The lowest BCUT2D eigenvalue weighted by atomic mass is 9.99. The zero-order valence-corrected chi connectivity index (χ0v) is 20.4. The summed E-state index contributed by atoms with van der Waals surface area (Å²) in [5.74, 6) is 1.31. The fourth-order valence-electron chi connectivity index (χ4n) is 4.57. The molecule has 1 N–H and O–H groups in total. The van der Waals surface area contributed by atoms with Crippen LogP contribution in [0.25, 0.3) is 5.69 Å². The van der Waals surface area contributed by atoms with E-state index >= 15 is 0 Å². The highest BCUT2D eigenvalue weighted by atomic mass is 32.1. The number of hydrogen-bond acceptors (Lipinski definition) is 3. The Kier molecular flexibility index (Phi) is 6.07. The van der Waals surface area contributed by atoms with E-state index in [4.69, 9.17) is 17.0 Å². The van der Waals surface area contributed by atoms with E-state index in [1.807, 2.05) is 30.5 Å². The molecule has 1 aliphatic rings. The fourth-order valence-corrected chi connectivity index (χ4v) is 4.91. The lowest BCUT2D eigenvalue weighted by Gasteiger charge is -2.29. The van der Waals surface area contributed by atoms with Crippen molar-refractivity contribution in [2.75, 3.05) is 12.0 Å². The van der Waals surface area contributed by atoms with E-state index in [9.17, 15) is 0 Å². The van der Waals surface area contributed by atoms with Crippen LogP contribution in [0.15, 0.2) is 91.3 Å². The summed E-state index contributed by atoms with van der Waals surface area (Å²) in [6, 6.07) is 26.9. The third kappa shape index (κ3) is 4.05. The van der Waals surface area contributed by atoms with Crippen molar-refractivity contribution < 1.29 is 4.74 Å². The van der Waals surface area contributed by atoms with Crippen LogP contribution in [0.5, 0.6) is 5.75 Å². The molecular weight excluding hydrogens is 440 g/mol. The van der Waals surface area contributed by atoms with Gasteiger partial charge in [-0.05, 0) is 84.4 Å². The predicted molar refractivity (Wildman–Crippen MR) is 141 cm³/mol. The molecule has 6 heteroatoms. The first-order chi connectivity index (χ1) is 16.6. The molecule has 2 aromatic carbocycles. The highest BCUT2D eigenvalue weighted by Gasteiger charge is 2.42. The monoisotopic (exact) mass is 468 g/mol. The maximum atomic E-state index is 5.89. The molecule has 34 heavy (non-hydrogen) atoms. The molecule has 1 fully saturated rings. The minimum absolute atomic E-state index is 0.0793. The molecule has 0 amide bonds. The van der Waals surface area contributed by atoms with Gasteiger partial charge in [0.15, 0.2) is 5.11 Å². The van der Waals surface area contributed by atoms with Gasteiger partial charge in [0.1, 0.15) is 11.8 Å². The third-order valence-corrected chi connectivity index (χ3v) is 6.68. The molecule has 2 aromatic heterocycles. The summed E-state index contributed by atoms with van der Waals surface area (Å²) in [5.41, 5.74) is 5.52. The normalized spacial score (nSPS) is 17.8. The van der Waals surface area contributed by atoms with Crippen LogP contribution < -0.4 is 15.0 Å². The number of benzene rings is 2. The van der Waals surface area contributed by atoms with Crippen LogP contribution in [0.4, 0.5) is 5.69 Å². The molecule has 0 radical (unpaired) electrons. The molecule has 1 aliphatic heterocycles. The minimum Gasteiger partial charge on any atom is -0.497 e.